The summed E-state index contributed by atoms with van der Waals surface area (Å²) in [5.74, 6) is -2.14. The lowest BCUT2D eigenvalue weighted by Crippen LogP contribution is -2.32. The van der Waals surface area contributed by atoms with E-state index in [1.54, 1.807) is 11.8 Å². The summed E-state index contributed by atoms with van der Waals surface area (Å²) in [5, 5.41) is 19.7. The third-order valence-corrected chi connectivity index (χ3v) is 3.48. The van der Waals surface area contributed by atoms with Gasteiger partial charge in [0.05, 0.1) is 16.9 Å². The van der Waals surface area contributed by atoms with E-state index >= 15 is 0 Å². The quantitative estimate of drug-likeness (QED) is 0.669. The fraction of sp³-hybridized carbons (Fsp3) is 0.417. The van der Waals surface area contributed by atoms with Crippen molar-refractivity contribution in [1.82, 2.24) is 0 Å². The summed E-state index contributed by atoms with van der Waals surface area (Å²) in [6.45, 7) is 2.17. The number of non-ortho nitro benzene ring substituents is 1. The third kappa shape index (κ3) is 2.49. The third-order valence-electron chi connectivity index (χ3n) is 3.48. The molecule has 1 aliphatic heterocycles. The molecule has 19 heavy (non-hydrogen) atoms. The van der Waals surface area contributed by atoms with Gasteiger partial charge in [-0.05, 0) is 19.4 Å². The summed E-state index contributed by atoms with van der Waals surface area (Å²) >= 11 is 0. The van der Waals surface area contributed by atoms with Crippen LogP contribution in [0.25, 0.3) is 0 Å². The molecule has 2 atom stereocenters. The molecule has 1 aromatic carbocycles. The van der Waals surface area contributed by atoms with Gasteiger partial charge in [-0.1, -0.05) is 0 Å². The highest BCUT2D eigenvalue weighted by molar-refractivity contribution is 5.73. The molecule has 1 N–H and O–H groups in total. The predicted octanol–water partition coefficient (Wildman–Crippen LogP) is 2.03. The van der Waals surface area contributed by atoms with Crippen molar-refractivity contribution in [2.24, 2.45) is 5.92 Å². The number of rotatable bonds is 3. The number of nitrogens with zero attached hydrogens (tertiary/aromatic N) is 2. The second-order valence-electron chi connectivity index (χ2n) is 4.59. The van der Waals surface area contributed by atoms with Gasteiger partial charge in [-0.25, -0.2) is 4.39 Å². The number of carboxylic acid groups (broad SMARTS) is 1. The van der Waals surface area contributed by atoms with Crippen LogP contribution in [0.5, 0.6) is 0 Å². The molecule has 0 saturated carbocycles. The number of carbonyl (C=O) groups is 1. The van der Waals surface area contributed by atoms with Crippen LogP contribution >= 0.6 is 0 Å². The van der Waals surface area contributed by atoms with Gasteiger partial charge in [0.2, 0.25) is 0 Å². The Balaban J connectivity index is 2.33. The van der Waals surface area contributed by atoms with Crippen molar-refractivity contribution in [2.45, 2.75) is 19.4 Å². The average Bonchev–Trinajstić information content (AvgIpc) is 2.70. The van der Waals surface area contributed by atoms with Gasteiger partial charge in [-0.3, -0.25) is 14.9 Å². The van der Waals surface area contributed by atoms with Gasteiger partial charge in [-0.2, -0.15) is 0 Å². The molecular formula is C12H13FN2O4. The Hall–Kier alpha value is -2.18. The Labute approximate surface area is 108 Å². The van der Waals surface area contributed by atoms with Crippen LogP contribution in [0, 0.1) is 21.8 Å². The van der Waals surface area contributed by atoms with Crippen molar-refractivity contribution >= 4 is 17.3 Å². The molecule has 2 unspecified atom stereocenters. The highest BCUT2D eigenvalue weighted by Crippen LogP contribution is 2.32. The van der Waals surface area contributed by atoms with Crippen LogP contribution in [0.2, 0.25) is 0 Å². The molecule has 0 radical (unpaired) electrons. The molecule has 0 aliphatic carbocycles. The molecule has 2 rings (SSSR count). The van der Waals surface area contributed by atoms with E-state index in [9.17, 15) is 19.3 Å². The lowest BCUT2D eigenvalue weighted by molar-refractivity contribution is -0.385. The normalized spacial score (nSPS) is 22.5. The fourth-order valence-electron chi connectivity index (χ4n) is 2.46. The first-order valence-corrected chi connectivity index (χ1v) is 5.84. The van der Waals surface area contributed by atoms with E-state index in [0.717, 1.165) is 6.07 Å². The fourth-order valence-corrected chi connectivity index (χ4v) is 2.46. The van der Waals surface area contributed by atoms with E-state index in [4.69, 9.17) is 5.11 Å². The maximum atomic E-state index is 13.4. The lowest BCUT2D eigenvalue weighted by Gasteiger charge is -2.25. The van der Waals surface area contributed by atoms with E-state index in [1.165, 1.54) is 12.1 Å². The van der Waals surface area contributed by atoms with Crippen LogP contribution in [-0.2, 0) is 4.79 Å². The number of carboxylic acids is 1. The van der Waals surface area contributed by atoms with Gasteiger partial charge in [0.1, 0.15) is 5.82 Å². The van der Waals surface area contributed by atoms with Crippen molar-refractivity contribution in [3.8, 4) is 0 Å². The number of aliphatic carboxylic acids is 1. The smallest absolute Gasteiger partial charge is 0.308 e. The molecule has 1 fully saturated rings. The molecule has 0 aromatic heterocycles. The zero-order valence-electron chi connectivity index (χ0n) is 10.2. The van der Waals surface area contributed by atoms with E-state index < -0.39 is 22.6 Å². The monoisotopic (exact) mass is 268 g/mol. The standard InChI is InChI=1S/C12H13FN2O4/c1-7-11(12(16)17)2-3-14(7)9-4-8(13)5-10(6-9)15(18)19/h4-7,11H,2-3H2,1H3,(H,16,17). The first kappa shape index (κ1) is 13.3. The van der Waals surface area contributed by atoms with Crippen molar-refractivity contribution in [3.63, 3.8) is 0 Å². The molecule has 1 aromatic rings. The van der Waals surface area contributed by atoms with Gasteiger partial charge in [0.25, 0.3) is 5.69 Å². The highest BCUT2D eigenvalue weighted by atomic mass is 19.1. The van der Waals surface area contributed by atoms with Crippen molar-refractivity contribution in [2.75, 3.05) is 11.4 Å². The molecule has 1 saturated heterocycles. The topological polar surface area (TPSA) is 83.7 Å². The van der Waals surface area contributed by atoms with E-state index in [-0.39, 0.29) is 11.7 Å². The number of nitro benzene ring substituents is 1. The second-order valence-corrected chi connectivity index (χ2v) is 4.59. The van der Waals surface area contributed by atoms with Crippen molar-refractivity contribution < 1.29 is 19.2 Å². The molecule has 1 heterocycles. The summed E-state index contributed by atoms with van der Waals surface area (Å²) in [6, 6.07) is 2.98. The molecule has 0 amide bonds. The predicted molar refractivity (Wildman–Crippen MR) is 65.6 cm³/mol. The van der Waals surface area contributed by atoms with E-state index in [1.807, 2.05) is 0 Å². The van der Waals surface area contributed by atoms with Crippen LogP contribution in [0.4, 0.5) is 15.8 Å². The minimum atomic E-state index is -0.902. The largest absolute Gasteiger partial charge is 0.481 e. The minimum Gasteiger partial charge on any atom is -0.481 e. The molecule has 0 bridgehead atoms. The van der Waals surface area contributed by atoms with Gasteiger partial charge < -0.3 is 10.0 Å². The first-order valence-electron chi connectivity index (χ1n) is 5.84. The van der Waals surface area contributed by atoms with Gasteiger partial charge in [-0.15, -0.1) is 0 Å². The Kier molecular flexibility index (Phi) is 3.37. The molecular weight excluding hydrogens is 255 g/mol. The Morgan fingerprint density at radius 2 is 2.21 bits per heavy atom. The van der Waals surface area contributed by atoms with E-state index in [0.29, 0.717) is 18.7 Å². The van der Waals surface area contributed by atoms with Crippen LogP contribution < -0.4 is 4.90 Å². The molecule has 7 heteroatoms. The van der Waals surface area contributed by atoms with Gasteiger partial charge in [0, 0.05) is 24.3 Å². The number of nitro groups is 1. The zero-order valence-corrected chi connectivity index (χ0v) is 10.2. The summed E-state index contributed by atoms with van der Waals surface area (Å²) in [5.41, 5.74) is 0.0175. The zero-order chi connectivity index (χ0) is 14.2. The second kappa shape index (κ2) is 4.83. The number of anilines is 1. The summed E-state index contributed by atoms with van der Waals surface area (Å²) in [4.78, 5) is 22.7. The van der Waals surface area contributed by atoms with Gasteiger partial charge in [0.15, 0.2) is 0 Å². The van der Waals surface area contributed by atoms with Crippen LogP contribution in [0.1, 0.15) is 13.3 Å². The SMILES string of the molecule is CC1C(C(=O)O)CCN1c1cc(F)cc([N+](=O)[O-])c1. The number of hydrogen-bond acceptors (Lipinski definition) is 4. The number of halogens is 1. The summed E-state index contributed by atoms with van der Waals surface area (Å²) < 4.78 is 13.4. The minimum absolute atomic E-state index is 0.320. The van der Waals surface area contributed by atoms with Gasteiger partial charge >= 0.3 is 5.97 Å². The Morgan fingerprint density at radius 3 is 2.74 bits per heavy atom. The lowest BCUT2D eigenvalue weighted by atomic mass is 10.0. The van der Waals surface area contributed by atoms with Crippen LogP contribution in [0.3, 0.4) is 0 Å². The molecule has 1 aliphatic rings. The Morgan fingerprint density at radius 1 is 1.53 bits per heavy atom. The van der Waals surface area contributed by atoms with Crippen molar-refractivity contribution in [3.05, 3.63) is 34.1 Å². The Bertz CT molecular complexity index is 534. The summed E-state index contributed by atoms with van der Waals surface area (Å²) in [7, 11) is 0. The molecule has 0 spiro atoms. The maximum Gasteiger partial charge on any atom is 0.308 e. The van der Waals surface area contributed by atoms with Crippen LogP contribution in [0.15, 0.2) is 18.2 Å². The number of hydrogen-bond donors (Lipinski definition) is 1. The first-order chi connectivity index (χ1) is 8.90. The summed E-state index contributed by atoms with van der Waals surface area (Å²) in [6.07, 6.45) is 0.445. The van der Waals surface area contributed by atoms with Crippen molar-refractivity contribution in [1.29, 1.82) is 0 Å². The van der Waals surface area contributed by atoms with E-state index in [2.05, 4.69) is 0 Å². The van der Waals surface area contributed by atoms with Crippen LogP contribution in [-0.4, -0.2) is 28.6 Å². The maximum absolute atomic E-state index is 13.4. The number of benzene rings is 1. The molecule has 102 valence electrons. The molecule has 6 nitrogen and oxygen atoms in total. The average molecular weight is 268 g/mol. The highest BCUT2D eigenvalue weighted by Gasteiger charge is 2.36.